The van der Waals surface area contributed by atoms with E-state index in [1.54, 1.807) is 19.1 Å². The van der Waals surface area contributed by atoms with Gasteiger partial charge >= 0.3 is 12.1 Å². The Morgan fingerprint density at radius 3 is 2.26 bits per heavy atom. The number of aliphatic hydroxyl groups is 3. The van der Waals surface area contributed by atoms with Gasteiger partial charge in [-0.25, -0.2) is 9.37 Å². The van der Waals surface area contributed by atoms with E-state index in [1.807, 2.05) is 60.7 Å². The van der Waals surface area contributed by atoms with Crippen molar-refractivity contribution >= 4 is 28.8 Å². The van der Waals surface area contributed by atoms with Crippen LogP contribution in [0.1, 0.15) is 48.4 Å². The van der Waals surface area contributed by atoms with Crippen LogP contribution in [0.3, 0.4) is 0 Å². The Hall–Kier alpha value is -5.12. The average Bonchev–Trinajstić information content (AvgIpc) is 3.70. The normalized spacial score (nSPS) is 19.9. The maximum atomic E-state index is 13.9. The molecular weight excluding hydrogens is 694 g/mol. The van der Waals surface area contributed by atoms with Gasteiger partial charge in [-0.05, 0) is 48.1 Å². The van der Waals surface area contributed by atoms with E-state index in [2.05, 4.69) is 15.6 Å². The molecule has 5 N–H and O–H groups in total. The first kappa shape index (κ1) is 37.6. The zero-order valence-corrected chi connectivity index (χ0v) is 28.9. The molecule has 0 bridgehead atoms. The molecule has 3 aromatic carbocycles. The number of aliphatic hydroxyl groups excluding tert-OH is 3. The number of aromatic nitrogens is 4. The summed E-state index contributed by atoms with van der Waals surface area (Å²) in [6.07, 6.45) is -6.62. The largest absolute Gasteiger partial charge is 0.471 e. The highest BCUT2D eigenvalue weighted by Gasteiger charge is 2.51. The zero-order valence-electron chi connectivity index (χ0n) is 28.9. The van der Waals surface area contributed by atoms with Gasteiger partial charge in [0.1, 0.15) is 18.0 Å². The third kappa shape index (κ3) is 8.42. The molecule has 0 saturated heterocycles. The minimum atomic E-state index is -5.16. The van der Waals surface area contributed by atoms with E-state index >= 15 is 0 Å². The first-order chi connectivity index (χ1) is 25.5. The van der Waals surface area contributed by atoms with E-state index in [0.29, 0.717) is 11.3 Å². The van der Waals surface area contributed by atoms with Crippen LogP contribution in [0.5, 0.6) is 0 Å². The van der Waals surface area contributed by atoms with E-state index in [0.717, 1.165) is 16.7 Å². The summed E-state index contributed by atoms with van der Waals surface area (Å²) in [5, 5.41) is 39.1. The van der Waals surface area contributed by atoms with Crippen molar-refractivity contribution in [2.75, 3.05) is 30.3 Å². The number of anilines is 2. The third-order valence-corrected chi connectivity index (χ3v) is 9.59. The molecule has 6 rings (SSSR count). The molecule has 1 aliphatic carbocycles. The maximum Gasteiger partial charge on any atom is 0.471 e. The van der Waals surface area contributed by atoms with Crippen molar-refractivity contribution in [3.05, 3.63) is 114 Å². The van der Waals surface area contributed by atoms with Gasteiger partial charge in [0, 0.05) is 19.0 Å². The Morgan fingerprint density at radius 1 is 0.962 bits per heavy atom. The number of hydrogen-bond donors (Lipinski definition) is 5. The number of amides is 1. The first-order valence-corrected chi connectivity index (χ1v) is 17.4. The molecule has 280 valence electrons. The van der Waals surface area contributed by atoms with Gasteiger partial charge in [-0.1, -0.05) is 79.7 Å². The smallest absolute Gasteiger partial charge is 0.394 e. The van der Waals surface area contributed by atoms with Crippen LogP contribution >= 0.6 is 0 Å². The second kappa shape index (κ2) is 16.3. The quantitative estimate of drug-likeness (QED) is 0.0988. The lowest BCUT2D eigenvalue weighted by Gasteiger charge is -2.31. The monoisotopic (exact) mass is 735 g/mol. The van der Waals surface area contributed by atoms with Crippen molar-refractivity contribution in [2.45, 2.75) is 68.6 Å². The van der Waals surface area contributed by atoms with Crippen molar-refractivity contribution in [2.24, 2.45) is 0 Å². The van der Waals surface area contributed by atoms with Gasteiger partial charge in [-0.2, -0.15) is 23.1 Å². The van der Waals surface area contributed by atoms with Crippen LogP contribution in [0.4, 0.5) is 29.3 Å². The zero-order chi connectivity index (χ0) is 37.7. The second-order valence-corrected chi connectivity index (χ2v) is 13.2. The lowest BCUT2D eigenvalue weighted by molar-refractivity contribution is -0.190. The molecular formula is C38H41F4N7O4. The molecule has 1 fully saturated rings. The number of nitrogens with zero attached hydrogens (tertiary/aromatic N) is 5. The van der Waals surface area contributed by atoms with Crippen molar-refractivity contribution in [1.82, 2.24) is 24.4 Å². The van der Waals surface area contributed by atoms with Gasteiger partial charge in [0.2, 0.25) is 5.95 Å². The molecule has 1 aliphatic rings. The summed E-state index contributed by atoms with van der Waals surface area (Å²) in [7, 11) is 0. The fraction of sp³-hybridized carbons (Fsp3) is 0.368. The summed E-state index contributed by atoms with van der Waals surface area (Å²) in [5.41, 5.74) is 3.20. The molecule has 2 heterocycles. The lowest BCUT2D eigenvalue weighted by atomic mass is 9.91. The number of carbonyl (C=O) groups is 1. The Morgan fingerprint density at radius 2 is 1.62 bits per heavy atom. The van der Waals surface area contributed by atoms with Crippen molar-refractivity contribution in [1.29, 1.82) is 0 Å². The van der Waals surface area contributed by atoms with Crippen molar-refractivity contribution in [3.63, 3.8) is 0 Å². The predicted molar refractivity (Wildman–Crippen MR) is 191 cm³/mol. The Bertz CT molecular complexity index is 1970. The van der Waals surface area contributed by atoms with Gasteiger partial charge in [0.25, 0.3) is 0 Å². The van der Waals surface area contributed by atoms with Crippen LogP contribution in [-0.2, 0) is 11.2 Å². The van der Waals surface area contributed by atoms with E-state index in [9.17, 15) is 37.7 Å². The van der Waals surface area contributed by atoms with Crippen LogP contribution in [0.2, 0.25) is 0 Å². The second-order valence-electron chi connectivity index (χ2n) is 13.2. The Balaban J connectivity index is 1.38. The summed E-state index contributed by atoms with van der Waals surface area (Å²) in [5.74, 6) is -2.34. The van der Waals surface area contributed by atoms with Crippen LogP contribution < -0.4 is 10.6 Å². The minimum Gasteiger partial charge on any atom is -0.394 e. The molecule has 11 nitrogen and oxygen atoms in total. The summed E-state index contributed by atoms with van der Waals surface area (Å²) in [4.78, 5) is 27.0. The van der Waals surface area contributed by atoms with Crippen LogP contribution in [0, 0.1) is 5.82 Å². The Kier molecular flexibility index (Phi) is 11.6. The highest BCUT2D eigenvalue weighted by atomic mass is 19.4. The van der Waals surface area contributed by atoms with Crippen LogP contribution in [0.25, 0.3) is 11.2 Å². The fourth-order valence-corrected chi connectivity index (χ4v) is 6.99. The molecule has 0 aliphatic heterocycles. The summed E-state index contributed by atoms with van der Waals surface area (Å²) in [6.45, 7) is 1.36. The van der Waals surface area contributed by atoms with E-state index in [-0.39, 0.29) is 67.2 Å². The molecule has 2 aromatic heterocycles. The first-order valence-electron chi connectivity index (χ1n) is 17.4. The van der Waals surface area contributed by atoms with Gasteiger partial charge < -0.3 is 35.4 Å². The molecule has 53 heavy (non-hydrogen) atoms. The van der Waals surface area contributed by atoms with E-state index < -0.39 is 42.4 Å². The van der Waals surface area contributed by atoms with E-state index in [4.69, 9.17) is 9.97 Å². The highest BCUT2D eigenvalue weighted by molar-refractivity contribution is 5.85. The number of hydrogen-bond acceptors (Lipinski definition) is 9. The number of carbonyl (C=O) groups excluding carboxylic acids is 1. The molecule has 1 unspecified atom stereocenters. The Labute approximate surface area is 303 Å². The average molecular weight is 736 g/mol. The van der Waals surface area contributed by atoms with Crippen LogP contribution in [-0.4, -0.2) is 95.8 Å². The fourth-order valence-electron chi connectivity index (χ4n) is 6.99. The third-order valence-electron chi connectivity index (χ3n) is 9.59. The van der Waals surface area contributed by atoms with Crippen molar-refractivity contribution in [3.8, 4) is 0 Å². The highest BCUT2D eigenvalue weighted by Crippen LogP contribution is 2.38. The predicted octanol–water partition coefficient (Wildman–Crippen LogP) is 5.06. The number of nitrogens with one attached hydrogen (secondary N) is 2. The molecule has 6 atom stereocenters. The number of rotatable bonds is 14. The SMILES string of the molecule is CCCN(C(=O)C(F)(F)F)[C@H]1C[C@@H](n2cnc3c(NCC(c4ccccc4)c4ccc(F)cc4)nc(N[C@H](CO)Cc4ccccc4)nc32)[C@H](O)[C@@H]1O. The minimum absolute atomic E-state index is 0.0965. The molecule has 0 radical (unpaired) electrons. The number of fused-ring (bicyclic) bond motifs is 1. The lowest BCUT2D eigenvalue weighted by Crippen LogP contribution is -2.51. The van der Waals surface area contributed by atoms with Crippen molar-refractivity contribution < 1.29 is 37.7 Å². The maximum absolute atomic E-state index is 13.9. The van der Waals surface area contributed by atoms with Gasteiger partial charge in [-0.3, -0.25) is 4.79 Å². The molecule has 5 aromatic rings. The summed E-state index contributed by atoms with van der Waals surface area (Å²) >= 11 is 0. The van der Waals surface area contributed by atoms with E-state index in [1.165, 1.54) is 23.0 Å². The summed E-state index contributed by atoms with van der Waals surface area (Å²) < 4.78 is 56.1. The number of halogens is 4. The van der Waals surface area contributed by atoms with Gasteiger partial charge in [0.05, 0.1) is 31.1 Å². The molecule has 1 saturated carbocycles. The van der Waals surface area contributed by atoms with Gasteiger partial charge in [-0.15, -0.1) is 0 Å². The number of benzene rings is 3. The molecule has 15 heteroatoms. The molecule has 0 spiro atoms. The standard InChI is InChI=1S/C38H41F4N7O4/c1-2-17-48(36(53)38(40,41)42)29-19-30(33(52)32(29)51)49-22-44-31-34(43-20-28(24-11-7-4-8-12-24)25-13-15-26(39)16-14-25)46-37(47-35(31)49)45-27(21-50)18-23-9-5-3-6-10-23/h3-16,22,27-30,32-33,50-52H,2,17-21H2,1H3,(H2,43,45,46,47)/t27-,28?,29-,30+,32+,33-/m0/s1. The van der Waals surface area contributed by atoms with Gasteiger partial charge in [0.15, 0.2) is 17.0 Å². The topological polar surface area (TPSA) is 149 Å². The van der Waals surface area contributed by atoms with Crippen LogP contribution in [0.15, 0.2) is 91.3 Å². The number of imidazole rings is 1. The molecule has 1 amide bonds. The number of alkyl halides is 3. The summed E-state index contributed by atoms with van der Waals surface area (Å²) in [6, 6.07) is 22.4.